The zero-order valence-corrected chi connectivity index (χ0v) is 15.9. The van der Waals surface area contributed by atoms with Gasteiger partial charge in [0, 0.05) is 17.3 Å². The molecule has 0 saturated carbocycles. The number of nitrogens with one attached hydrogen (secondary N) is 2. The molecule has 0 atom stereocenters. The standard InChI is InChI=1S/C19H18ClF3N2O3/c1-11-7-14(8-12(2)17(11)20)28-10-16(26)24-9-13-5-3-4-6-15(13)25-18(27)19(21,22)23/h3-8H,9-10H2,1-2H3,(H,24,26)(H,25,27). The summed E-state index contributed by atoms with van der Waals surface area (Å²) < 4.78 is 42.7. The Morgan fingerprint density at radius 3 is 2.32 bits per heavy atom. The normalized spacial score (nSPS) is 11.1. The molecule has 0 saturated heterocycles. The van der Waals surface area contributed by atoms with Crippen molar-refractivity contribution in [2.75, 3.05) is 11.9 Å². The summed E-state index contributed by atoms with van der Waals surface area (Å²) in [7, 11) is 0. The number of carbonyl (C=O) groups excluding carboxylic acids is 2. The first-order chi connectivity index (χ1) is 13.1. The lowest BCUT2D eigenvalue weighted by Gasteiger charge is -2.13. The van der Waals surface area contributed by atoms with Gasteiger partial charge in [0.1, 0.15) is 5.75 Å². The van der Waals surface area contributed by atoms with Crippen LogP contribution in [0.25, 0.3) is 0 Å². The van der Waals surface area contributed by atoms with E-state index in [-0.39, 0.29) is 18.8 Å². The monoisotopic (exact) mass is 414 g/mol. The first-order valence-corrected chi connectivity index (χ1v) is 8.58. The fourth-order valence-corrected chi connectivity index (χ4v) is 2.48. The summed E-state index contributed by atoms with van der Waals surface area (Å²) in [5, 5.41) is 4.95. The quantitative estimate of drug-likeness (QED) is 0.746. The van der Waals surface area contributed by atoms with Crippen molar-refractivity contribution in [1.29, 1.82) is 0 Å². The molecule has 2 rings (SSSR count). The van der Waals surface area contributed by atoms with Gasteiger partial charge in [0.15, 0.2) is 6.61 Å². The van der Waals surface area contributed by atoms with E-state index < -0.39 is 18.0 Å². The summed E-state index contributed by atoms with van der Waals surface area (Å²) in [5.74, 6) is -2.07. The molecule has 0 spiro atoms. The Morgan fingerprint density at radius 2 is 1.71 bits per heavy atom. The van der Waals surface area contributed by atoms with Crippen LogP contribution in [0.3, 0.4) is 0 Å². The summed E-state index contributed by atoms with van der Waals surface area (Å²) >= 11 is 6.07. The Bertz CT molecular complexity index is 862. The first kappa shape index (κ1) is 21.6. The summed E-state index contributed by atoms with van der Waals surface area (Å²) in [6, 6.07) is 9.28. The van der Waals surface area contributed by atoms with Crippen LogP contribution < -0.4 is 15.4 Å². The second-order valence-corrected chi connectivity index (χ2v) is 6.42. The number of ether oxygens (including phenoxy) is 1. The highest BCUT2D eigenvalue weighted by Gasteiger charge is 2.38. The van der Waals surface area contributed by atoms with Gasteiger partial charge in [-0.3, -0.25) is 9.59 Å². The average molecular weight is 415 g/mol. The van der Waals surface area contributed by atoms with Gasteiger partial charge in [0.2, 0.25) is 0 Å². The Kier molecular flexibility index (Phi) is 6.90. The van der Waals surface area contributed by atoms with E-state index in [1.807, 2.05) is 13.8 Å². The topological polar surface area (TPSA) is 67.4 Å². The first-order valence-electron chi connectivity index (χ1n) is 8.20. The van der Waals surface area contributed by atoms with E-state index in [1.54, 1.807) is 23.5 Å². The number of hydrogen-bond donors (Lipinski definition) is 2. The lowest BCUT2D eigenvalue weighted by atomic mass is 10.1. The maximum absolute atomic E-state index is 12.4. The molecule has 5 nitrogen and oxygen atoms in total. The minimum Gasteiger partial charge on any atom is -0.484 e. The number of para-hydroxylation sites is 1. The van der Waals surface area contributed by atoms with Crippen LogP contribution in [-0.4, -0.2) is 24.6 Å². The molecule has 2 aromatic carbocycles. The number of alkyl halides is 3. The zero-order valence-electron chi connectivity index (χ0n) is 15.1. The molecule has 0 unspecified atom stereocenters. The summed E-state index contributed by atoms with van der Waals surface area (Å²) in [6.07, 6.45) is -5.00. The third kappa shape index (κ3) is 5.88. The van der Waals surface area contributed by atoms with Crippen LogP contribution in [0.2, 0.25) is 5.02 Å². The van der Waals surface area contributed by atoms with Gasteiger partial charge in [-0.2, -0.15) is 13.2 Å². The summed E-state index contributed by atoms with van der Waals surface area (Å²) in [6.45, 7) is 3.27. The number of hydrogen-bond acceptors (Lipinski definition) is 3. The van der Waals surface area contributed by atoms with Crippen LogP contribution in [0, 0.1) is 13.8 Å². The van der Waals surface area contributed by atoms with E-state index in [9.17, 15) is 22.8 Å². The molecule has 28 heavy (non-hydrogen) atoms. The molecule has 0 aliphatic rings. The van der Waals surface area contributed by atoms with Crippen molar-refractivity contribution in [2.24, 2.45) is 0 Å². The van der Waals surface area contributed by atoms with Crippen LogP contribution in [0.15, 0.2) is 36.4 Å². The predicted molar refractivity (Wildman–Crippen MR) is 99.4 cm³/mol. The van der Waals surface area contributed by atoms with Gasteiger partial charge in [-0.05, 0) is 48.7 Å². The van der Waals surface area contributed by atoms with Crippen molar-refractivity contribution in [1.82, 2.24) is 5.32 Å². The number of benzene rings is 2. The molecular formula is C19H18ClF3N2O3. The van der Waals surface area contributed by atoms with Crippen molar-refractivity contribution in [2.45, 2.75) is 26.6 Å². The fourth-order valence-electron chi connectivity index (χ4n) is 2.37. The summed E-state index contributed by atoms with van der Waals surface area (Å²) in [5.41, 5.74) is 1.92. The number of carbonyl (C=O) groups is 2. The third-order valence-corrected chi connectivity index (χ3v) is 4.38. The van der Waals surface area contributed by atoms with E-state index >= 15 is 0 Å². The van der Waals surface area contributed by atoms with Gasteiger partial charge >= 0.3 is 12.1 Å². The van der Waals surface area contributed by atoms with Crippen LogP contribution in [-0.2, 0) is 16.1 Å². The van der Waals surface area contributed by atoms with Crippen molar-refractivity contribution in [3.05, 3.63) is 58.1 Å². The smallest absolute Gasteiger partial charge is 0.471 e. The highest BCUT2D eigenvalue weighted by atomic mass is 35.5. The number of rotatable bonds is 6. The molecule has 9 heteroatoms. The number of anilines is 1. The lowest BCUT2D eigenvalue weighted by Crippen LogP contribution is -2.31. The minimum absolute atomic E-state index is 0.0324. The van der Waals surface area contributed by atoms with Crippen LogP contribution in [0.1, 0.15) is 16.7 Å². The van der Waals surface area contributed by atoms with E-state index in [2.05, 4.69) is 5.32 Å². The van der Waals surface area contributed by atoms with Gasteiger partial charge in [-0.25, -0.2) is 0 Å². The minimum atomic E-state index is -5.00. The van der Waals surface area contributed by atoms with Crippen molar-refractivity contribution >= 4 is 29.1 Å². The Balaban J connectivity index is 1.94. The fraction of sp³-hybridized carbons (Fsp3) is 0.263. The second kappa shape index (κ2) is 8.97. The van der Waals surface area contributed by atoms with Crippen LogP contribution >= 0.6 is 11.6 Å². The van der Waals surface area contributed by atoms with Crippen LogP contribution in [0.4, 0.5) is 18.9 Å². The van der Waals surface area contributed by atoms with E-state index in [0.29, 0.717) is 16.3 Å². The van der Waals surface area contributed by atoms with Crippen molar-refractivity contribution in [3.63, 3.8) is 0 Å². The predicted octanol–water partition coefficient (Wildman–Crippen LogP) is 4.15. The van der Waals surface area contributed by atoms with Gasteiger partial charge in [-0.1, -0.05) is 29.8 Å². The molecule has 0 aliphatic carbocycles. The SMILES string of the molecule is Cc1cc(OCC(=O)NCc2ccccc2NC(=O)C(F)(F)F)cc(C)c1Cl. The summed E-state index contributed by atoms with van der Waals surface area (Å²) in [4.78, 5) is 23.1. The molecule has 2 N–H and O–H groups in total. The zero-order chi connectivity index (χ0) is 20.9. The van der Waals surface area contributed by atoms with Crippen molar-refractivity contribution < 1.29 is 27.5 Å². The molecule has 0 bridgehead atoms. The largest absolute Gasteiger partial charge is 0.484 e. The Morgan fingerprint density at radius 1 is 1.11 bits per heavy atom. The maximum Gasteiger partial charge on any atom is 0.471 e. The van der Waals surface area contributed by atoms with Crippen LogP contribution in [0.5, 0.6) is 5.75 Å². The van der Waals surface area contributed by atoms with E-state index in [1.165, 1.54) is 18.2 Å². The molecule has 0 fully saturated rings. The number of halogens is 4. The molecule has 0 heterocycles. The number of aryl methyl sites for hydroxylation is 2. The second-order valence-electron chi connectivity index (χ2n) is 6.05. The molecule has 150 valence electrons. The maximum atomic E-state index is 12.4. The molecule has 2 amide bonds. The average Bonchev–Trinajstić information content (AvgIpc) is 2.62. The van der Waals surface area contributed by atoms with Gasteiger partial charge < -0.3 is 15.4 Å². The number of amides is 2. The highest BCUT2D eigenvalue weighted by molar-refractivity contribution is 6.32. The molecule has 0 aromatic heterocycles. The van der Waals surface area contributed by atoms with Crippen molar-refractivity contribution in [3.8, 4) is 5.75 Å². The lowest BCUT2D eigenvalue weighted by molar-refractivity contribution is -0.167. The van der Waals surface area contributed by atoms with Gasteiger partial charge in [0.05, 0.1) is 0 Å². The highest BCUT2D eigenvalue weighted by Crippen LogP contribution is 2.26. The van der Waals surface area contributed by atoms with E-state index in [4.69, 9.17) is 16.3 Å². The van der Waals surface area contributed by atoms with E-state index in [0.717, 1.165) is 11.1 Å². The molecule has 0 radical (unpaired) electrons. The van der Waals surface area contributed by atoms with Gasteiger partial charge in [0.25, 0.3) is 5.91 Å². The molecular weight excluding hydrogens is 397 g/mol. The Labute approximate surface area is 164 Å². The van der Waals surface area contributed by atoms with Gasteiger partial charge in [-0.15, -0.1) is 0 Å². The third-order valence-electron chi connectivity index (χ3n) is 3.78. The molecule has 2 aromatic rings. The molecule has 0 aliphatic heterocycles. The Hall–Kier alpha value is -2.74.